The predicted octanol–water partition coefficient (Wildman–Crippen LogP) is 5.94. The van der Waals surface area contributed by atoms with Gasteiger partial charge in [-0.3, -0.25) is 19.9 Å². The van der Waals surface area contributed by atoms with Crippen molar-refractivity contribution in [3.8, 4) is 10.6 Å². The van der Waals surface area contributed by atoms with Crippen LogP contribution in [0.25, 0.3) is 21.6 Å². The minimum absolute atomic E-state index is 0.00316. The molecule has 1 amide bonds. The van der Waals surface area contributed by atoms with Gasteiger partial charge >= 0.3 is 0 Å². The normalized spacial score (nSPS) is 11.0. The number of hydrogen-bond acceptors (Lipinski definition) is 8. The summed E-state index contributed by atoms with van der Waals surface area (Å²) >= 11 is 1.33. The number of amides is 1. The molecule has 40 heavy (non-hydrogen) atoms. The van der Waals surface area contributed by atoms with Crippen molar-refractivity contribution in [3.05, 3.63) is 114 Å². The largest absolute Gasteiger partial charge is 0.378 e. The highest BCUT2D eigenvalue weighted by molar-refractivity contribution is 7.17. The number of thiophene rings is 1. The minimum atomic E-state index is -0.260. The Labute approximate surface area is 233 Å². The van der Waals surface area contributed by atoms with Gasteiger partial charge in [0.1, 0.15) is 12.0 Å². The number of aromatic nitrogens is 4. The van der Waals surface area contributed by atoms with E-state index in [1.807, 2.05) is 65.4 Å². The summed E-state index contributed by atoms with van der Waals surface area (Å²) in [6, 6.07) is 24.2. The first-order valence-corrected chi connectivity index (χ1v) is 13.5. The highest BCUT2D eigenvalue weighted by Gasteiger charge is 2.18. The molecule has 10 heteroatoms. The maximum Gasteiger partial charge on any atom is 0.268 e. The van der Waals surface area contributed by atoms with E-state index in [1.54, 1.807) is 30.5 Å². The van der Waals surface area contributed by atoms with Gasteiger partial charge in [0.2, 0.25) is 5.95 Å². The van der Waals surface area contributed by atoms with E-state index in [-0.39, 0.29) is 18.2 Å². The molecule has 4 aromatic heterocycles. The van der Waals surface area contributed by atoms with Gasteiger partial charge in [-0.2, -0.15) is 0 Å². The molecule has 9 nitrogen and oxygen atoms in total. The van der Waals surface area contributed by atoms with E-state index < -0.39 is 0 Å². The van der Waals surface area contributed by atoms with E-state index in [0.29, 0.717) is 40.6 Å². The molecular weight excluding hydrogens is 524 g/mol. The Kier molecular flexibility index (Phi) is 7.14. The molecule has 0 radical (unpaired) electrons. The number of benzene rings is 2. The zero-order chi connectivity index (χ0) is 27.3. The number of ketones is 1. The molecule has 198 valence electrons. The van der Waals surface area contributed by atoms with Crippen LogP contribution >= 0.6 is 11.3 Å². The summed E-state index contributed by atoms with van der Waals surface area (Å²) in [6.07, 6.45) is 5.79. The number of anilines is 2. The van der Waals surface area contributed by atoms with E-state index in [1.165, 1.54) is 17.6 Å². The van der Waals surface area contributed by atoms with Gasteiger partial charge in [0.15, 0.2) is 5.78 Å². The van der Waals surface area contributed by atoms with Crippen LogP contribution < -0.4 is 10.6 Å². The Morgan fingerprint density at radius 2 is 1.88 bits per heavy atom. The van der Waals surface area contributed by atoms with E-state index in [0.717, 1.165) is 21.6 Å². The smallest absolute Gasteiger partial charge is 0.268 e. The van der Waals surface area contributed by atoms with Crippen LogP contribution in [-0.4, -0.2) is 37.9 Å². The number of nitrogens with one attached hydrogen (secondary N) is 2. The van der Waals surface area contributed by atoms with Crippen LogP contribution in [0, 0.1) is 0 Å². The average molecular weight is 549 g/mol. The topological polar surface area (TPSA) is 115 Å². The third kappa shape index (κ3) is 5.52. The number of aryl methyl sites for hydroxylation is 2. The van der Waals surface area contributed by atoms with Crippen LogP contribution in [0.15, 0.2) is 102 Å². The Balaban J connectivity index is 1.25. The fourth-order valence-electron chi connectivity index (χ4n) is 4.36. The predicted molar refractivity (Wildman–Crippen MR) is 155 cm³/mol. The van der Waals surface area contributed by atoms with Crippen molar-refractivity contribution in [2.24, 2.45) is 0 Å². The van der Waals surface area contributed by atoms with Gasteiger partial charge in [-0.05, 0) is 48.4 Å². The van der Waals surface area contributed by atoms with Crippen LogP contribution in [0.2, 0.25) is 0 Å². The van der Waals surface area contributed by atoms with E-state index >= 15 is 0 Å². The molecule has 0 aliphatic carbocycles. The number of fused-ring (bicyclic) bond motifs is 1. The molecule has 0 saturated carbocycles. The molecule has 0 bridgehead atoms. The van der Waals surface area contributed by atoms with Crippen molar-refractivity contribution < 1.29 is 14.1 Å². The Bertz CT molecular complexity index is 1760. The molecule has 0 aliphatic rings. The summed E-state index contributed by atoms with van der Waals surface area (Å²) in [6.45, 7) is 0.749. The van der Waals surface area contributed by atoms with Crippen molar-refractivity contribution in [3.63, 3.8) is 0 Å². The third-order valence-electron chi connectivity index (χ3n) is 6.39. The zero-order valence-electron chi connectivity index (χ0n) is 21.3. The van der Waals surface area contributed by atoms with E-state index in [4.69, 9.17) is 9.51 Å². The molecular formula is C30H24N6O3S. The molecule has 6 aromatic rings. The van der Waals surface area contributed by atoms with Crippen LogP contribution in [0.1, 0.15) is 25.6 Å². The number of rotatable bonds is 10. The fourth-order valence-corrected chi connectivity index (χ4v) is 5.22. The lowest BCUT2D eigenvalue weighted by Crippen LogP contribution is -2.15. The molecule has 2 N–H and O–H groups in total. The molecule has 0 aliphatic heterocycles. The van der Waals surface area contributed by atoms with Gasteiger partial charge in [0.05, 0.1) is 27.3 Å². The number of carbonyl (C=O) groups excluding carboxylic acids is 2. The van der Waals surface area contributed by atoms with Gasteiger partial charge in [-0.1, -0.05) is 41.6 Å². The second-order valence-corrected chi connectivity index (χ2v) is 10.1. The van der Waals surface area contributed by atoms with Crippen molar-refractivity contribution >= 4 is 45.7 Å². The number of carbonyl (C=O) groups is 2. The summed E-state index contributed by atoms with van der Waals surface area (Å²) in [4.78, 5) is 36.1. The van der Waals surface area contributed by atoms with Gasteiger partial charge in [0.25, 0.3) is 5.91 Å². The maximum atomic E-state index is 13.2. The number of pyridine rings is 1. The maximum absolute atomic E-state index is 13.2. The number of nitrogens with zero attached hydrogens (tertiary/aromatic N) is 4. The zero-order valence-corrected chi connectivity index (χ0v) is 22.1. The van der Waals surface area contributed by atoms with E-state index in [2.05, 4.69) is 20.8 Å². The standard InChI is InChI=1S/C30H24N6O3S/c37-26(21-6-2-1-3-7-21)19-32-22-8-9-25-24(17-22)33-30(36(25)15-12-20-5-4-14-31-18-20)34-29(38)28-11-10-27(40-28)23-13-16-39-35-23/h1-11,13-14,16-18,32H,12,15,19H2,(H,33,34,38). The SMILES string of the molecule is O=C(CNc1ccc2c(c1)nc(NC(=O)c1ccc(-c3ccon3)s1)n2CCc1cccnc1)c1ccccc1. The molecule has 2 aromatic carbocycles. The van der Waals surface area contributed by atoms with Gasteiger partial charge in [-0.25, -0.2) is 4.98 Å². The number of Topliss-reactive ketones (excluding diaryl/α,β-unsaturated/α-hetero) is 1. The Morgan fingerprint density at radius 1 is 0.975 bits per heavy atom. The van der Waals surface area contributed by atoms with Crippen LogP contribution in [0.5, 0.6) is 0 Å². The molecule has 0 unspecified atom stereocenters. The molecule has 6 rings (SSSR count). The lowest BCUT2D eigenvalue weighted by Gasteiger charge is -2.10. The summed E-state index contributed by atoms with van der Waals surface area (Å²) < 4.78 is 6.92. The summed E-state index contributed by atoms with van der Waals surface area (Å²) in [5.74, 6) is 0.180. The van der Waals surface area contributed by atoms with Crippen molar-refractivity contribution in [1.29, 1.82) is 0 Å². The van der Waals surface area contributed by atoms with Crippen molar-refractivity contribution in [2.45, 2.75) is 13.0 Å². The molecule has 0 saturated heterocycles. The first-order valence-electron chi connectivity index (χ1n) is 12.7. The van der Waals surface area contributed by atoms with Crippen LogP contribution in [0.3, 0.4) is 0 Å². The number of imidazole rings is 1. The second-order valence-electron chi connectivity index (χ2n) is 9.05. The first-order chi connectivity index (χ1) is 19.6. The Hall–Kier alpha value is -5.09. The Morgan fingerprint density at radius 3 is 2.67 bits per heavy atom. The highest BCUT2D eigenvalue weighted by atomic mass is 32.1. The quantitative estimate of drug-likeness (QED) is 0.204. The highest BCUT2D eigenvalue weighted by Crippen LogP contribution is 2.28. The van der Waals surface area contributed by atoms with E-state index in [9.17, 15) is 9.59 Å². The van der Waals surface area contributed by atoms with Crippen LogP contribution in [0.4, 0.5) is 11.6 Å². The lowest BCUT2D eigenvalue weighted by atomic mass is 10.1. The summed E-state index contributed by atoms with van der Waals surface area (Å²) in [5.41, 5.74) is 4.75. The monoisotopic (exact) mass is 548 g/mol. The molecule has 4 heterocycles. The van der Waals surface area contributed by atoms with Crippen LogP contribution in [-0.2, 0) is 13.0 Å². The lowest BCUT2D eigenvalue weighted by molar-refractivity contribution is 0.100. The first kappa shape index (κ1) is 25.2. The third-order valence-corrected chi connectivity index (χ3v) is 7.50. The van der Waals surface area contributed by atoms with Gasteiger partial charge in [0, 0.05) is 36.3 Å². The summed E-state index contributed by atoms with van der Waals surface area (Å²) in [5, 5.41) is 10.1. The van der Waals surface area contributed by atoms with Crippen molar-refractivity contribution in [2.75, 3.05) is 17.2 Å². The number of hydrogen-bond donors (Lipinski definition) is 2. The molecule has 0 fully saturated rings. The average Bonchev–Trinajstić information content (AvgIpc) is 3.76. The molecule has 0 atom stereocenters. The fraction of sp³-hybridized carbons (Fsp3) is 0.100. The van der Waals surface area contributed by atoms with Gasteiger partial charge < -0.3 is 14.4 Å². The molecule has 0 spiro atoms. The van der Waals surface area contributed by atoms with Crippen molar-refractivity contribution in [1.82, 2.24) is 19.7 Å². The minimum Gasteiger partial charge on any atom is -0.378 e. The second kappa shape index (κ2) is 11.3. The summed E-state index contributed by atoms with van der Waals surface area (Å²) in [7, 11) is 0. The van der Waals surface area contributed by atoms with Gasteiger partial charge in [-0.15, -0.1) is 11.3 Å².